The maximum Gasteiger partial charge on any atom is 0.203 e. The first-order valence-electron chi connectivity index (χ1n) is 7.61. The second-order valence-corrected chi connectivity index (χ2v) is 5.22. The summed E-state index contributed by atoms with van der Waals surface area (Å²) in [5, 5.41) is 13.8. The predicted octanol–water partition coefficient (Wildman–Crippen LogP) is 3.21. The van der Waals surface area contributed by atoms with E-state index in [4.69, 9.17) is 23.7 Å². The number of nitrogens with zero attached hydrogens (tertiary/aromatic N) is 1. The Hall–Kier alpha value is -3.00. The molecule has 1 unspecified atom stereocenters. The fourth-order valence-corrected chi connectivity index (χ4v) is 2.62. The molecule has 2 rings (SSSR count). The van der Waals surface area contributed by atoms with E-state index in [-0.39, 0.29) is 11.3 Å². The average Bonchev–Trinajstić information content (AvgIpc) is 2.70. The van der Waals surface area contributed by atoms with Gasteiger partial charge >= 0.3 is 0 Å². The van der Waals surface area contributed by atoms with Crippen LogP contribution in [0.4, 0.5) is 5.69 Å². The van der Waals surface area contributed by atoms with Crippen LogP contribution in [0.5, 0.6) is 28.7 Å². The zero-order valence-electron chi connectivity index (χ0n) is 15.2. The largest absolute Gasteiger partial charge is 0.493 e. The molecule has 0 aliphatic carbocycles. The second-order valence-electron chi connectivity index (χ2n) is 5.22. The number of aliphatic hydroxyl groups is 1. The molecular formula is C18H21NO7. The van der Waals surface area contributed by atoms with Crippen LogP contribution in [0.25, 0.3) is 0 Å². The molecule has 0 spiro atoms. The van der Waals surface area contributed by atoms with E-state index in [0.29, 0.717) is 34.3 Å². The fraction of sp³-hybridized carbons (Fsp3) is 0.333. The summed E-state index contributed by atoms with van der Waals surface area (Å²) in [6, 6.07) is 6.10. The normalized spacial score (nSPS) is 11.5. The molecule has 0 aliphatic rings. The highest BCUT2D eigenvalue weighted by molar-refractivity contribution is 5.61. The SMILES string of the molecule is COc1cc(N=O)c(C(O)c2cc(OC)c(OC)c(OC)c2)cc1OC. The molecule has 0 heterocycles. The molecule has 140 valence electrons. The highest BCUT2D eigenvalue weighted by atomic mass is 16.5. The van der Waals surface area contributed by atoms with Crippen molar-refractivity contribution in [3.8, 4) is 28.7 Å². The number of hydrogen-bond donors (Lipinski definition) is 1. The van der Waals surface area contributed by atoms with Crippen LogP contribution in [-0.2, 0) is 0 Å². The van der Waals surface area contributed by atoms with Crippen molar-refractivity contribution in [3.63, 3.8) is 0 Å². The molecule has 1 atom stereocenters. The Morgan fingerprint density at radius 3 is 1.69 bits per heavy atom. The van der Waals surface area contributed by atoms with Crippen LogP contribution in [0.1, 0.15) is 17.2 Å². The number of nitroso groups, excluding NO2 is 1. The number of methoxy groups -OCH3 is 5. The average molecular weight is 363 g/mol. The van der Waals surface area contributed by atoms with Gasteiger partial charge in [0.05, 0.1) is 35.5 Å². The standard InChI is InChI=1S/C18H21NO7/c1-22-13-8-11(12(19-21)9-14(13)23-2)17(20)10-6-15(24-3)18(26-5)16(7-10)25-4/h6-9,17,20H,1-5H3. The highest BCUT2D eigenvalue weighted by Gasteiger charge is 2.23. The van der Waals surface area contributed by atoms with Crippen LogP contribution in [0, 0.1) is 4.91 Å². The van der Waals surface area contributed by atoms with Crippen molar-refractivity contribution in [1.82, 2.24) is 0 Å². The van der Waals surface area contributed by atoms with Gasteiger partial charge in [-0.25, -0.2) is 0 Å². The van der Waals surface area contributed by atoms with Gasteiger partial charge in [0, 0.05) is 11.6 Å². The van der Waals surface area contributed by atoms with E-state index in [2.05, 4.69) is 5.18 Å². The molecule has 0 bridgehead atoms. The summed E-state index contributed by atoms with van der Waals surface area (Å²) in [5.74, 6) is 1.85. The van der Waals surface area contributed by atoms with Crippen molar-refractivity contribution >= 4 is 5.69 Å². The summed E-state index contributed by atoms with van der Waals surface area (Å²) in [6.07, 6.45) is -1.18. The Kier molecular flexibility index (Phi) is 6.24. The van der Waals surface area contributed by atoms with Crippen LogP contribution < -0.4 is 23.7 Å². The highest BCUT2D eigenvalue weighted by Crippen LogP contribution is 2.44. The first-order chi connectivity index (χ1) is 12.5. The minimum absolute atomic E-state index is 0.0314. The third-order valence-corrected chi connectivity index (χ3v) is 3.93. The molecule has 0 aliphatic heterocycles. The van der Waals surface area contributed by atoms with Gasteiger partial charge in [-0.3, -0.25) is 0 Å². The van der Waals surface area contributed by atoms with E-state index in [1.54, 1.807) is 12.1 Å². The molecule has 0 saturated carbocycles. The van der Waals surface area contributed by atoms with Gasteiger partial charge in [-0.05, 0) is 28.9 Å². The smallest absolute Gasteiger partial charge is 0.203 e. The van der Waals surface area contributed by atoms with Gasteiger partial charge in [0.25, 0.3) is 0 Å². The molecule has 26 heavy (non-hydrogen) atoms. The van der Waals surface area contributed by atoms with Gasteiger partial charge in [0.2, 0.25) is 5.75 Å². The molecule has 2 aromatic rings. The van der Waals surface area contributed by atoms with Crippen molar-refractivity contribution in [2.75, 3.05) is 35.5 Å². The first-order valence-corrected chi connectivity index (χ1v) is 7.61. The van der Waals surface area contributed by atoms with E-state index in [9.17, 15) is 10.0 Å². The van der Waals surface area contributed by atoms with Gasteiger partial charge in [0.15, 0.2) is 23.0 Å². The summed E-state index contributed by atoms with van der Waals surface area (Å²) in [7, 11) is 7.34. The minimum atomic E-state index is -1.18. The van der Waals surface area contributed by atoms with E-state index < -0.39 is 6.10 Å². The summed E-state index contributed by atoms with van der Waals surface area (Å²) in [4.78, 5) is 11.3. The fourth-order valence-electron chi connectivity index (χ4n) is 2.62. The Balaban J connectivity index is 2.61. The number of ether oxygens (including phenoxy) is 5. The number of hydrogen-bond acceptors (Lipinski definition) is 8. The maximum atomic E-state index is 11.3. The van der Waals surface area contributed by atoms with E-state index >= 15 is 0 Å². The Bertz CT molecular complexity index is 766. The molecule has 0 aromatic heterocycles. The van der Waals surface area contributed by atoms with Crippen molar-refractivity contribution in [2.45, 2.75) is 6.10 Å². The maximum absolute atomic E-state index is 11.3. The van der Waals surface area contributed by atoms with Crippen molar-refractivity contribution in [1.29, 1.82) is 0 Å². The number of rotatable bonds is 8. The third kappa shape index (κ3) is 3.50. The molecular weight excluding hydrogens is 342 g/mol. The Labute approximate surface area is 151 Å². The van der Waals surface area contributed by atoms with E-state index in [1.165, 1.54) is 47.7 Å². The zero-order valence-corrected chi connectivity index (χ0v) is 15.2. The molecule has 8 heteroatoms. The molecule has 8 nitrogen and oxygen atoms in total. The quantitative estimate of drug-likeness (QED) is 0.719. The summed E-state index contributed by atoms with van der Waals surface area (Å²) in [6.45, 7) is 0. The Morgan fingerprint density at radius 2 is 1.27 bits per heavy atom. The molecule has 0 amide bonds. The third-order valence-electron chi connectivity index (χ3n) is 3.93. The first kappa shape index (κ1) is 19.3. The molecule has 0 radical (unpaired) electrons. The second kappa shape index (κ2) is 8.39. The molecule has 2 aromatic carbocycles. The lowest BCUT2D eigenvalue weighted by Gasteiger charge is -2.19. The lowest BCUT2D eigenvalue weighted by molar-refractivity contribution is 0.218. The van der Waals surface area contributed by atoms with Crippen molar-refractivity contribution < 1.29 is 28.8 Å². The number of benzene rings is 2. The van der Waals surface area contributed by atoms with Crippen LogP contribution in [0.2, 0.25) is 0 Å². The summed E-state index contributed by atoms with van der Waals surface area (Å²) >= 11 is 0. The van der Waals surface area contributed by atoms with Crippen LogP contribution in [0.15, 0.2) is 29.4 Å². The van der Waals surface area contributed by atoms with Gasteiger partial charge < -0.3 is 28.8 Å². The van der Waals surface area contributed by atoms with Crippen LogP contribution >= 0.6 is 0 Å². The summed E-state index contributed by atoms with van der Waals surface area (Å²) in [5.41, 5.74) is 0.715. The van der Waals surface area contributed by atoms with Crippen molar-refractivity contribution in [2.24, 2.45) is 5.18 Å². The Morgan fingerprint density at radius 1 is 0.769 bits per heavy atom. The van der Waals surface area contributed by atoms with Gasteiger partial charge in [0.1, 0.15) is 11.8 Å². The lowest BCUT2D eigenvalue weighted by Crippen LogP contribution is -2.04. The summed E-state index contributed by atoms with van der Waals surface area (Å²) < 4.78 is 26.3. The van der Waals surface area contributed by atoms with E-state index in [0.717, 1.165) is 0 Å². The molecule has 0 saturated heterocycles. The minimum Gasteiger partial charge on any atom is -0.493 e. The molecule has 0 fully saturated rings. The van der Waals surface area contributed by atoms with Crippen LogP contribution in [-0.4, -0.2) is 40.7 Å². The van der Waals surface area contributed by atoms with E-state index in [1.807, 2.05) is 0 Å². The van der Waals surface area contributed by atoms with Gasteiger partial charge in [-0.1, -0.05) is 0 Å². The lowest BCUT2D eigenvalue weighted by atomic mass is 9.98. The zero-order chi connectivity index (χ0) is 19.3. The van der Waals surface area contributed by atoms with Crippen LogP contribution in [0.3, 0.4) is 0 Å². The van der Waals surface area contributed by atoms with Crippen molar-refractivity contribution in [3.05, 3.63) is 40.3 Å². The topological polar surface area (TPSA) is 95.8 Å². The predicted molar refractivity (Wildman–Crippen MR) is 95.2 cm³/mol. The van der Waals surface area contributed by atoms with Gasteiger partial charge in [-0.2, -0.15) is 0 Å². The monoisotopic (exact) mass is 363 g/mol. The number of aliphatic hydroxyl groups excluding tert-OH is 1. The molecule has 1 N–H and O–H groups in total. The van der Waals surface area contributed by atoms with Gasteiger partial charge in [-0.15, -0.1) is 4.91 Å².